The van der Waals surface area contributed by atoms with E-state index in [0.717, 1.165) is 18.0 Å². The molecule has 0 bridgehead atoms. The largest absolute Gasteiger partial charge is 0.396 e. The molecular formula is C12H16ClNO. The van der Waals surface area contributed by atoms with Crippen molar-refractivity contribution >= 4 is 11.6 Å². The van der Waals surface area contributed by atoms with Crippen molar-refractivity contribution in [1.29, 1.82) is 0 Å². The van der Waals surface area contributed by atoms with Crippen molar-refractivity contribution < 1.29 is 5.11 Å². The van der Waals surface area contributed by atoms with Crippen LogP contribution in [0.1, 0.15) is 18.0 Å². The van der Waals surface area contributed by atoms with Crippen molar-refractivity contribution in [3.05, 3.63) is 34.9 Å². The molecule has 0 saturated carbocycles. The quantitative estimate of drug-likeness (QED) is 0.835. The zero-order valence-corrected chi connectivity index (χ0v) is 9.61. The number of benzene rings is 1. The highest BCUT2D eigenvalue weighted by atomic mass is 35.5. The molecule has 1 aromatic carbocycles. The van der Waals surface area contributed by atoms with Crippen LogP contribution in [-0.2, 0) is 0 Å². The highest BCUT2D eigenvalue weighted by Crippen LogP contribution is 2.36. The van der Waals surface area contributed by atoms with Crippen LogP contribution in [0, 0.1) is 5.92 Å². The first-order chi connectivity index (χ1) is 7.22. The predicted molar refractivity (Wildman–Crippen MR) is 62.0 cm³/mol. The smallest absolute Gasteiger partial charge is 0.0472 e. The maximum absolute atomic E-state index is 9.16. The standard InChI is InChI=1S/C12H16ClNO/c1-14-7-9(8-15)6-12(14)10-4-2-3-5-11(10)13/h2-5,9,12,15H,6-8H2,1H3/t9-,12-/m0/s1. The molecule has 82 valence electrons. The highest BCUT2D eigenvalue weighted by molar-refractivity contribution is 6.31. The molecule has 2 rings (SSSR count). The van der Waals surface area contributed by atoms with E-state index < -0.39 is 0 Å². The topological polar surface area (TPSA) is 23.5 Å². The van der Waals surface area contributed by atoms with E-state index in [1.54, 1.807) is 0 Å². The van der Waals surface area contributed by atoms with Crippen LogP contribution in [0.15, 0.2) is 24.3 Å². The summed E-state index contributed by atoms with van der Waals surface area (Å²) in [5, 5.41) is 9.98. The van der Waals surface area contributed by atoms with Gasteiger partial charge in [-0.25, -0.2) is 0 Å². The molecule has 1 saturated heterocycles. The molecule has 3 heteroatoms. The van der Waals surface area contributed by atoms with Gasteiger partial charge in [-0.05, 0) is 31.0 Å². The van der Waals surface area contributed by atoms with Crippen LogP contribution in [0.2, 0.25) is 5.02 Å². The van der Waals surface area contributed by atoms with Crippen molar-refractivity contribution in [2.45, 2.75) is 12.5 Å². The molecule has 0 amide bonds. The summed E-state index contributed by atoms with van der Waals surface area (Å²) in [5.41, 5.74) is 1.18. The van der Waals surface area contributed by atoms with Gasteiger partial charge >= 0.3 is 0 Å². The van der Waals surface area contributed by atoms with Gasteiger partial charge in [0.25, 0.3) is 0 Å². The van der Waals surface area contributed by atoms with Gasteiger partial charge in [0.05, 0.1) is 0 Å². The number of aliphatic hydroxyl groups is 1. The maximum atomic E-state index is 9.16. The fourth-order valence-electron chi connectivity index (χ4n) is 2.35. The summed E-state index contributed by atoms with van der Waals surface area (Å²) in [6, 6.07) is 8.32. The Bertz CT molecular complexity index is 342. The van der Waals surface area contributed by atoms with Crippen LogP contribution in [0.3, 0.4) is 0 Å². The minimum absolute atomic E-state index is 0.269. The zero-order chi connectivity index (χ0) is 10.8. The summed E-state index contributed by atoms with van der Waals surface area (Å²) in [5.74, 6) is 0.385. The number of hydrogen-bond donors (Lipinski definition) is 1. The minimum atomic E-state index is 0.269. The molecule has 2 atom stereocenters. The molecule has 1 aromatic rings. The molecule has 0 radical (unpaired) electrons. The van der Waals surface area contributed by atoms with Gasteiger partial charge in [0.1, 0.15) is 0 Å². The second-order valence-corrected chi connectivity index (χ2v) is 4.67. The Morgan fingerprint density at radius 2 is 2.20 bits per heavy atom. The number of halogens is 1. The number of hydrogen-bond acceptors (Lipinski definition) is 2. The normalized spacial score (nSPS) is 27.1. The van der Waals surface area contributed by atoms with Crippen molar-refractivity contribution in [2.75, 3.05) is 20.2 Å². The second-order valence-electron chi connectivity index (χ2n) is 4.26. The Morgan fingerprint density at radius 3 is 2.80 bits per heavy atom. The van der Waals surface area contributed by atoms with Crippen LogP contribution >= 0.6 is 11.6 Å². The fraction of sp³-hybridized carbons (Fsp3) is 0.500. The molecule has 1 fully saturated rings. The fourth-order valence-corrected chi connectivity index (χ4v) is 2.61. The van der Waals surface area contributed by atoms with Crippen molar-refractivity contribution in [2.24, 2.45) is 5.92 Å². The van der Waals surface area contributed by atoms with Gasteiger partial charge in [0.2, 0.25) is 0 Å². The van der Waals surface area contributed by atoms with Gasteiger partial charge in [0.15, 0.2) is 0 Å². The zero-order valence-electron chi connectivity index (χ0n) is 8.86. The lowest BCUT2D eigenvalue weighted by atomic mass is 10.0. The molecule has 1 N–H and O–H groups in total. The third-order valence-electron chi connectivity index (χ3n) is 3.16. The Balaban J connectivity index is 2.21. The monoisotopic (exact) mass is 225 g/mol. The van der Waals surface area contributed by atoms with Crippen molar-refractivity contribution in [1.82, 2.24) is 4.90 Å². The third-order valence-corrected chi connectivity index (χ3v) is 3.50. The Labute approximate surface area is 95.5 Å². The molecule has 0 aromatic heterocycles. The van der Waals surface area contributed by atoms with Gasteiger partial charge in [-0.2, -0.15) is 0 Å². The van der Waals surface area contributed by atoms with Gasteiger partial charge in [-0.15, -0.1) is 0 Å². The van der Waals surface area contributed by atoms with Crippen LogP contribution in [0.4, 0.5) is 0 Å². The molecule has 1 heterocycles. The molecule has 0 unspecified atom stereocenters. The molecular weight excluding hydrogens is 210 g/mol. The number of aliphatic hydroxyl groups excluding tert-OH is 1. The Kier molecular flexibility index (Phi) is 3.29. The van der Waals surface area contributed by atoms with E-state index in [9.17, 15) is 0 Å². The lowest BCUT2D eigenvalue weighted by Crippen LogP contribution is -2.19. The molecule has 2 nitrogen and oxygen atoms in total. The van der Waals surface area contributed by atoms with Crippen LogP contribution in [0.25, 0.3) is 0 Å². The van der Waals surface area contributed by atoms with Crippen molar-refractivity contribution in [3.8, 4) is 0 Å². The summed E-state index contributed by atoms with van der Waals surface area (Å²) < 4.78 is 0. The predicted octanol–water partition coefficient (Wildman–Crippen LogP) is 2.33. The Hall–Kier alpha value is -0.570. The molecule has 0 spiro atoms. The first-order valence-corrected chi connectivity index (χ1v) is 5.65. The van der Waals surface area contributed by atoms with Crippen molar-refractivity contribution in [3.63, 3.8) is 0 Å². The number of rotatable bonds is 2. The summed E-state index contributed by atoms with van der Waals surface area (Å²) >= 11 is 6.17. The van der Waals surface area contributed by atoms with E-state index in [-0.39, 0.29) is 6.61 Å². The minimum Gasteiger partial charge on any atom is -0.396 e. The van der Waals surface area contributed by atoms with E-state index in [1.165, 1.54) is 5.56 Å². The number of likely N-dealkylation sites (tertiary alicyclic amines) is 1. The van der Waals surface area contributed by atoms with Gasteiger partial charge in [0, 0.05) is 24.2 Å². The highest BCUT2D eigenvalue weighted by Gasteiger charge is 2.30. The van der Waals surface area contributed by atoms with E-state index in [0.29, 0.717) is 12.0 Å². The summed E-state index contributed by atoms with van der Waals surface area (Å²) in [7, 11) is 2.09. The maximum Gasteiger partial charge on any atom is 0.0472 e. The first-order valence-electron chi connectivity index (χ1n) is 5.28. The van der Waals surface area contributed by atoms with Crippen LogP contribution in [-0.4, -0.2) is 30.2 Å². The first kappa shape index (κ1) is 10.9. The van der Waals surface area contributed by atoms with Gasteiger partial charge in [-0.1, -0.05) is 29.8 Å². The lowest BCUT2D eigenvalue weighted by molar-refractivity contribution is 0.227. The second kappa shape index (κ2) is 4.52. The third kappa shape index (κ3) is 2.17. The van der Waals surface area contributed by atoms with E-state index in [2.05, 4.69) is 18.0 Å². The molecule has 1 aliphatic rings. The van der Waals surface area contributed by atoms with Crippen LogP contribution in [0.5, 0.6) is 0 Å². The SMILES string of the molecule is CN1C[C@@H](CO)C[C@H]1c1ccccc1Cl. The average Bonchev–Trinajstić information content (AvgIpc) is 2.60. The summed E-state index contributed by atoms with van der Waals surface area (Å²) in [4.78, 5) is 2.27. The molecule has 1 aliphatic heterocycles. The van der Waals surface area contributed by atoms with Gasteiger partial charge < -0.3 is 5.11 Å². The average molecular weight is 226 g/mol. The lowest BCUT2D eigenvalue weighted by Gasteiger charge is -2.20. The van der Waals surface area contributed by atoms with Crippen LogP contribution < -0.4 is 0 Å². The summed E-state index contributed by atoms with van der Waals surface area (Å²) in [6.07, 6.45) is 0.997. The van der Waals surface area contributed by atoms with E-state index in [4.69, 9.17) is 16.7 Å². The van der Waals surface area contributed by atoms with Gasteiger partial charge in [-0.3, -0.25) is 4.90 Å². The number of nitrogens with zero attached hydrogens (tertiary/aromatic N) is 1. The van der Waals surface area contributed by atoms with E-state index >= 15 is 0 Å². The summed E-state index contributed by atoms with van der Waals surface area (Å²) in [6.45, 7) is 1.22. The molecule has 15 heavy (non-hydrogen) atoms. The Morgan fingerprint density at radius 1 is 1.47 bits per heavy atom. The van der Waals surface area contributed by atoms with E-state index in [1.807, 2.05) is 18.2 Å². The molecule has 0 aliphatic carbocycles.